The van der Waals surface area contributed by atoms with Gasteiger partial charge in [-0.2, -0.15) is 0 Å². The summed E-state index contributed by atoms with van der Waals surface area (Å²) in [7, 11) is 0. The van der Waals surface area contributed by atoms with Crippen LogP contribution in [-0.4, -0.2) is 41.8 Å². The van der Waals surface area contributed by atoms with E-state index in [4.69, 9.17) is 11.6 Å². The summed E-state index contributed by atoms with van der Waals surface area (Å²) in [6.45, 7) is 0.721. The number of nitrogens with zero attached hydrogens (tertiary/aromatic N) is 1. The van der Waals surface area contributed by atoms with Crippen LogP contribution in [0.2, 0.25) is 5.02 Å². The van der Waals surface area contributed by atoms with Crippen LogP contribution in [0.3, 0.4) is 0 Å². The highest BCUT2D eigenvalue weighted by Crippen LogP contribution is 2.17. The van der Waals surface area contributed by atoms with E-state index < -0.39 is 6.04 Å². The Morgan fingerprint density at radius 2 is 1.92 bits per heavy atom. The van der Waals surface area contributed by atoms with Crippen LogP contribution < -0.4 is 10.6 Å². The van der Waals surface area contributed by atoms with Gasteiger partial charge in [-0.1, -0.05) is 35.9 Å². The largest absolute Gasteiger partial charge is 0.353 e. The van der Waals surface area contributed by atoms with Gasteiger partial charge in [-0.15, -0.1) is 0 Å². The van der Waals surface area contributed by atoms with Crippen LogP contribution >= 0.6 is 11.6 Å². The maximum Gasteiger partial charge on any atom is 0.254 e. The zero-order valence-electron chi connectivity index (χ0n) is 13.9. The molecule has 1 heterocycles. The molecule has 1 unspecified atom stereocenters. The van der Waals surface area contributed by atoms with Crippen molar-refractivity contribution in [3.8, 4) is 0 Å². The molecule has 2 N–H and O–H groups in total. The van der Waals surface area contributed by atoms with Crippen molar-refractivity contribution in [2.45, 2.75) is 12.5 Å². The van der Waals surface area contributed by atoms with Gasteiger partial charge in [-0.05, 0) is 30.3 Å². The predicted molar refractivity (Wildman–Crippen MR) is 99.0 cm³/mol. The van der Waals surface area contributed by atoms with Gasteiger partial charge >= 0.3 is 0 Å². The summed E-state index contributed by atoms with van der Waals surface area (Å²) in [5, 5.41) is 5.92. The van der Waals surface area contributed by atoms with E-state index in [2.05, 4.69) is 10.6 Å². The lowest BCUT2D eigenvalue weighted by Gasteiger charge is -2.34. The Hall–Kier alpha value is -2.86. The zero-order valence-corrected chi connectivity index (χ0v) is 14.7. The number of piperazine rings is 1. The molecule has 3 amide bonds. The van der Waals surface area contributed by atoms with Gasteiger partial charge in [0.2, 0.25) is 11.8 Å². The number of halogens is 1. The summed E-state index contributed by atoms with van der Waals surface area (Å²) in [5.74, 6) is -0.956. The van der Waals surface area contributed by atoms with Crippen LogP contribution in [0.5, 0.6) is 0 Å². The normalized spacial score (nSPS) is 16.7. The van der Waals surface area contributed by atoms with Crippen LogP contribution in [0.4, 0.5) is 5.69 Å². The van der Waals surface area contributed by atoms with Crippen LogP contribution in [0.25, 0.3) is 0 Å². The second-order valence-electron chi connectivity index (χ2n) is 5.93. The smallest absolute Gasteiger partial charge is 0.254 e. The monoisotopic (exact) mass is 371 g/mol. The van der Waals surface area contributed by atoms with Crippen molar-refractivity contribution in [1.82, 2.24) is 10.2 Å². The number of anilines is 1. The van der Waals surface area contributed by atoms with E-state index in [9.17, 15) is 14.4 Å². The van der Waals surface area contributed by atoms with Gasteiger partial charge in [0.15, 0.2) is 0 Å². The Labute approximate surface area is 156 Å². The van der Waals surface area contributed by atoms with E-state index in [1.54, 1.807) is 48.5 Å². The molecule has 0 aromatic heterocycles. The first kappa shape index (κ1) is 17.9. The highest BCUT2D eigenvalue weighted by atomic mass is 35.5. The van der Waals surface area contributed by atoms with Gasteiger partial charge in [0.25, 0.3) is 5.91 Å². The highest BCUT2D eigenvalue weighted by Gasteiger charge is 2.35. The molecule has 0 spiro atoms. The molecule has 2 aromatic carbocycles. The molecule has 134 valence electrons. The van der Waals surface area contributed by atoms with Gasteiger partial charge in [-0.3, -0.25) is 14.4 Å². The second kappa shape index (κ2) is 8.01. The zero-order chi connectivity index (χ0) is 18.5. The first-order valence-corrected chi connectivity index (χ1v) is 8.61. The van der Waals surface area contributed by atoms with Crippen molar-refractivity contribution in [3.05, 3.63) is 65.2 Å². The van der Waals surface area contributed by atoms with Crippen LogP contribution in [0.1, 0.15) is 16.8 Å². The summed E-state index contributed by atoms with van der Waals surface area (Å²) in [4.78, 5) is 38.8. The Bertz CT molecular complexity index is 826. The topological polar surface area (TPSA) is 78.5 Å². The minimum Gasteiger partial charge on any atom is -0.353 e. The van der Waals surface area contributed by atoms with Crippen LogP contribution in [-0.2, 0) is 9.59 Å². The third-order valence-corrected chi connectivity index (χ3v) is 4.33. The van der Waals surface area contributed by atoms with Crippen LogP contribution in [0, 0.1) is 0 Å². The molecule has 3 rings (SSSR count). The standard InChI is InChI=1S/C19H18ClN3O3/c20-14-7-4-8-15(11-14)22-17(24)12-16-18(25)21-9-10-23(16)19(26)13-5-2-1-3-6-13/h1-8,11,16H,9-10,12H2,(H,21,25)(H,22,24). The van der Waals surface area contributed by atoms with E-state index in [0.717, 1.165) is 0 Å². The Kier molecular flexibility index (Phi) is 5.53. The molecule has 0 aliphatic carbocycles. The Balaban J connectivity index is 1.73. The number of hydrogen-bond acceptors (Lipinski definition) is 3. The minimum absolute atomic E-state index is 0.128. The maximum atomic E-state index is 12.7. The molecule has 1 atom stereocenters. The summed E-state index contributed by atoms with van der Waals surface area (Å²) in [6, 6.07) is 14.6. The number of benzene rings is 2. The SMILES string of the molecule is O=C(CC1C(=O)NCCN1C(=O)c1ccccc1)Nc1cccc(Cl)c1. The van der Waals surface area contributed by atoms with Gasteiger partial charge in [0, 0.05) is 29.4 Å². The summed E-state index contributed by atoms with van der Waals surface area (Å²) in [6.07, 6.45) is -0.128. The second-order valence-corrected chi connectivity index (χ2v) is 6.37. The van der Waals surface area contributed by atoms with Crippen molar-refractivity contribution in [3.63, 3.8) is 0 Å². The van der Waals surface area contributed by atoms with Gasteiger partial charge in [0.05, 0.1) is 6.42 Å². The molecular weight excluding hydrogens is 354 g/mol. The Morgan fingerprint density at radius 3 is 2.65 bits per heavy atom. The van der Waals surface area contributed by atoms with E-state index in [0.29, 0.717) is 29.4 Å². The van der Waals surface area contributed by atoms with E-state index >= 15 is 0 Å². The molecule has 0 radical (unpaired) electrons. The summed E-state index contributed by atoms with van der Waals surface area (Å²) < 4.78 is 0. The van der Waals surface area contributed by atoms with Crippen molar-refractivity contribution >= 4 is 35.0 Å². The number of carbonyl (C=O) groups is 3. The fourth-order valence-corrected chi connectivity index (χ4v) is 3.05. The molecule has 1 fully saturated rings. The molecule has 1 aliphatic rings. The third-order valence-electron chi connectivity index (χ3n) is 4.10. The van der Waals surface area contributed by atoms with Gasteiger partial charge < -0.3 is 15.5 Å². The minimum atomic E-state index is -0.851. The van der Waals surface area contributed by atoms with E-state index in [1.165, 1.54) is 4.90 Å². The predicted octanol–water partition coefficient (Wildman–Crippen LogP) is 2.31. The molecule has 6 nitrogen and oxygen atoms in total. The van der Waals surface area contributed by atoms with Crippen molar-refractivity contribution in [1.29, 1.82) is 0 Å². The summed E-state index contributed by atoms with van der Waals surface area (Å²) in [5.41, 5.74) is 1.03. The molecule has 1 aliphatic heterocycles. The van der Waals surface area contributed by atoms with Crippen molar-refractivity contribution in [2.75, 3.05) is 18.4 Å². The number of carbonyl (C=O) groups excluding carboxylic acids is 3. The highest BCUT2D eigenvalue weighted by molar-refractivity contribution is 6.30. The lowest BCUT2D eigenvalue weighted by Crippen LogP contribution is -2.58. The Morgan fingerprint density at radius 1 is 1.15 bits per heavy atom. The first-order chi connectivity index (χ1) is 12.5. The quantitative estimate of drug-likeness (QED) is 0.865. The molecule has 1 saturated heterocycles. The van der Waals surface area contributed by atoms with E-state index in [-0.39, 0.29) is 24.1 Å². The molecule has 26 heavy (non-hydrogen) atoms. The fourth-order valence-electron chi connectivity index (χ4n) is 2.86. The van der Waals surface area contributed by atoms with Crippen molar-refractivity contribution in [2.24, 2.45) is 0 Å². The van der Waals surface area contributed by atoms with Gasteiger partial charge in [0.1, 0.15) is 6.04 Å². The number of hydrogen-bond donors (Lipinski definition) is 2. The number of rotatable bonds is 4. The average Bonchev–Trinajstić information content (AvgIpc) is 2.63. The number of amides is 3. The molecule has 2 aromatic rings. The number of nitrogens with one attached hydrogen (secondary N) is 2. The van der Waals surface area contributed by atoms with Crippen LogP contribution in [0.15, 0.2) is 54.6 Å². The third kappa shape index (κ3) is 4.21. The van der Waals surface area contributed by atoms with Gasteiger partial charge in [-0.25, -0.2) is 0 Å². The summed E-state index contributed by atoms with van der Waals surface area (Å²) >= 11 is 5.91. The molecular formula is C19H18ClN3O3. The first-order valence-electron chi connectivity index (χ1n) is 8.24. The molecule has 0 saturated carbocycles. The average molecular weight is 372 g/mol. The lowest BCUT2D eigenvalue weighted by molar-refractivity contribution is -0.131. The molecule has 0 bridgehead atoms. The van der Waals surface area contributed by atoms with Crippen molar-refractivity contribution < 1.29 is 14.4 Å². The van der Waals surface area contributed by atoms with E-state index in [1.807, 2.05) is 6.07 Å². The molecule has 7 heteroatoms. The fraction of sp³-hybridized carbons (Fsp3) is 0.211. The lowest BCUT2D eigenvalue weighted by atomic mass is 10.1. The maximum absolute atomic E-state index is 12.7.